The van der Waals surface area contributed by atoms with Gasteiger partial charge in [-0.1, -0.05) is 24.3 Å². The third kappa shape index (κ3) is 8.85. The molecule has 3 aromatic carbocycles. The van der Waals surface area contributed by atoms with Crippen molar-refractivity contribution in [2.24, 2.45) is 21.1 Å². The second kappa shape index (κ2) is 17.5. The van der Waals surface area contributed by atoms with Gasteiger partial charge in [0.05, 0.1) is 38.1 Å². The predicted molar refractivity (Wildman–Crippen MR) is 223 cm³/mol. The van der Waals surface area contributed by atoms with Gasteiger partial charge in [-0.3, -0.25) is 24.0 Å². The summed E-state index contributed by atoms with van der Waals surface area (Å²) in [5.74, 6) is -0.291. The highest BCUT2D eigenvalue weighted by Crippen LogP contribution is 2.30. The van der Waals surface area contributed by atoms with Gasteiger partial charge in [0, 0.05) is 55.9 Å². The lowest BCUT2D eigenvalue weighted by molar-refractivity contribution is -0.0518. The van der Waals surface area contributed by atoms with Crippen LogP contribution >= 0.6 is 0 Å². The molecule has 0 spiro atoms. The Morgan fingerprint density at radius 2 is 1.67 bits per heavy atom. The lowest BCUT2D eigenvalue weighted by atomic mass is 10.0. The van der Waals surface area contributed by atoms with Crippen molar-refractivity contribution < 1.29 is 37.0 Å². The molecule has 6 aromatic rings. The van der Waals surface area contributed by atoms with E-state index in [1.807, 2.05) is 36.0 Å². The van der Waals surface area contributed by atoms with Crippen LogP contribution < -0.4 is 26.0 Å². The number of aryl methyl sites for hydroxylation is 3. The first kappa shape index (κ1) is 41.9. The maximum Gasteiger partial charge on any atom is 0.411 e. The standard InChI is InChI=1S/C31H33N3O6S.C11H14N4O4/c1-20-8-4-7-11-29(20)41(37,38)33-30(35)22-13-12-21(28(17-22)39-3)16-23-19-34(2)27-15-14-24(18-26(23)27)32-31(36)40-25-9-5-6-10-25;1-13-9-8(10(16)14(2)11(13)17)15(6-12-9)5-7-18-3-4-19-7/h4,7-8,11-15,17-19,25H,5-6,9-10,16H2,1-3H3,(H,32,36)(H,33,35);6-7H,3-5H2,1-2H3. The van der Waals surface area contributed by atoms with E-state index in [2.05, 4.69) is 15.0 Å². The van der Waals surface area contributed by atoms with E-state index in [9.17, 15) is 27.6 Å². The zero-order valence-corrected chi connectivity index (χ0v) is 34.8. The van der Waals surface area contributed by atoms with Gasteiger partial charge in [0.2, 0.25) is 0 Å². The summed E-state index contributed by atoms with van der Waals surface area (Å²) in [4.78, 5) is 53.4. The number of hydrogen-bond donors (Lipinski definition) is 2. The molecule has 0 atom stereocenters. The lowest BCUT2D eigenvalue weighted by Gasteiger charge is -2.13. The van der Waals surface area contributed by atoms with Crippen LogP contribution in [0.2, 0.25) is 0 Å². The van der Waals surface area contributed by atoms with E-state index in [4.69, 9.17) is 18.9 Å². The fraction of sp³-hybridized carbons (Fsp3) is 0.357. The van der Waals surface area contributed by atoms with Gasteiger partial charge >= 0.3 is 11.8 Å². The highest BCUT2D eigenvalue weighted by atomic mass is 32.2. The number of aromatic nitrogens is 5. The zero-order chi connectivity index (χ0) is 42.7. The molecule has 1 saturated heterocycles. The van der Waals surface area contributed by atoms with Crippen molar-refractivity contribution in [1.82, 2.24) is 28.0 Å². The molecule has 1 aliphatic heterocycles. The van der Waals surface area contributed by atoms with Gasteiger partial charge < -0.3 is 28.1 Å². The molecular formula is C42H47N7O10S. The molecule has 18 heteroatoms. The van der Waals surface area contributed by atoms with E-state index in [0.717, 1.165) is 52.3 Å². The van der Waals surface area contributed by atoms with Crippen molar-refractivity contribution in [3.05, 3.63) is 116 Å². The van der Waals surface area contributed by atoms with Crippen LogP contribution in [-0.2, 0) is 58.3 Å². The number of hydrogen-bond acceptors (Lipinski definition) is 11. The second-order valence-corrected chi connectivity index (χ2v) is 16.4. The Labute approximate surface area is 345 Å². The number of ether oxygens (including phenoxy) is 4. The number of amides is 2. The van der Waals surface area contributed by atoms with Gasteiger partial charge in [0.25, 0.3) is 21.5 Å². The number of imidazole rings is 1. The first-order chi connectivity index (χ1) is 28.7. The first-order valence-electron chi connectivity index (χ1n) is 19.4. The largest absolute Gasteiger partial charge is 0.496 e. The van der Waals surface area contributed by atoms with Gasteiger partial charge in [-0.15, -0.1) is 0 Å². The van der Waals surface area contributed by atoms with Crippen LogP contribution in [0.25, 0.3) is 22.1 Å². The summed E-state index contributed by atoms with van der Waals surface area (Å²) in [5, 5.41) is 3.81. The van der Waals surface area contributed by atoms with Crippen LogP contribution in [0, 0.1) is 6.92 Å². The fourth-order valence-corrected chi connectivity index (χ4v) is 8.76. The van der Waals surface area contributed by atoms with Crippen LogP contribution in [0.15, 0.2) is 87.7 Å². The Kier molecular flexibility index (Phi) is 12.3. The van der Waals surface area contributed by atoms with Gasteiger partial charge in [-0.05, 0) is 85.7 Å². The van der Waals surface area contributed by atoms with Crippen molar-refractivity contribution in [1.29, 1.82) is 0 Å². The Morgan fingerprint density at radius 1 is 0.933 bits per heavy atom. The minimum absolute atomic E-state index is 0.0221. The average Bonchev–Trinajstić information content (AvgIpc) is 4.06. The molecule has 1 aliphatic carbocycles. The molecule has 2 aliphatic rings. The first-order valence-corrected chi connectivity index (χ1v) is 20.9. The number of carbonyl (C=O) groups is 2. The molecule has 316 valence electrons. The molecule has 2 fully saturated rings. The number of sulfonamides is 1. The van der Waals surface area contributed by atoms with Crippen LogP contribution in [0.5, 0.6) is 5.75 Å². The Morgan fingerprint density at radius 3 is 2.38 bits per heavy atom. The summed E-state index contributed by atoms with van der Waals surface area (Å²) in [6, 6.07) is 17.1. The van der Waals surface area contributed by atoms with Gasteiger partial charge in [0.1, 0.15) is 11.9 Å². The van der Waals surface area contributed by atoms with Crippen LogP contribution in [-0.4, -0.2) is 76.4 Å². The normalized spacial score (nSPS) is 14.6. The van der Waals surface area contributed by atoms with E-state index in [0.29, 0.717) is 54.3 Å². The number of rotatable bonds is 10. The van der Waals surface area contributed by atoms with Crippen molar-refractivity contribution in [3.8, 4) is 5.75 Å². The monoisotopic (exact) mass is 841 g/mol. The summed E-state index contributed by atoms with van der Waals surface area (Å²) >= 11 is 0. The molecule has 0 unspecified atom stereocenters. The Bertz CT molecular complexity index is 2810. The number of fused-ring (bicyclic) bond motifs is 2. The average molecular weight is 842 g/mol. The third-order valence-electron chi connectivity index (χ3n) is 10.7. The molecule has 1 saturated carbocycles. The summed E-state index contributed by atoms with van der Waals surface area (Å²) in [7, 11) is 2.45. The quantitative estimate of drug-likeness (QED) is 0.197. The number of methoxy groups -OCH3 is 1. The molecule has 3 aromatic heterocycles. The van der Waals surface area contributed by atoms with E-state index >= 15 is 0 Å². The van der Waals surface area contributed by atoms with Gasteiger partial charge in [-0.2, -0.15) is 0 Å². The van der Waals surface area contributed by atoms with Gasteiger partial charge in [-0.25, -0.2) is 27.7 Å². The molecule has 0 radical (unpaired) electrons. The summed E-state index contributed by atoms with van der Waals surface area (Å²) in [6.45, 7) is 3.15. The molecule has 0 bridgehead atoms. The SMILES string of the molecule is COc1cc(C(=O)NS(=O)(=O)c2ccccc2C)ccc1Cc1cn(C)c2ccc(NC(=O)OC3CCCC3)cc12.Cn1c(=O)c2c(ncn2CC2OCCO2)n(C)c1=O. The maximum atomic E-state index is 12.9. The molecule has 60 heavy (non-hydrogen) atoms. The molecule has 2 N–H and O–H groups in total. The number of carbonyl (C=O) groups excluding carboxylic acids is 2. The fourth-order valence-electron chi connectivity index (χ4n) is 7.54. The molecule has 8 rings (SSSR count). The Hall–Kier alpha value is -6.24. The number of anilines is 1. The number of nitrogens with zero attached hydrogens (tertiary/aromatic N) is 5. The third-order valence-corrected chi connectivity index (χ3v) is 12.2. The van der Waals surface area contributed by atoms with E-state index in [-0.39, 0.29) is 28.4 Å². The number of benzene rings is 3. The van der Waals surface area contributed by atoms with Crippen LogP contribution in [0.4, 0.5) is 10.5 Å². The highest BCUT2D eigenvalue weighted by Gasteiger charge is 2.24. The Balaban J connectivity index is 0.000000238. The van der Waals surface area contributed by atoms with Crippen LogP contribution in [0.3, 0.4) is 0 Å². The summed E-state index contributed by atoms with van der Waals surface area (Å²) in [5.41, 5.74) is 4.13. The molecule has 17 nitrogen and oxygen atoms in total. The molecule has 4 heterocycles. The van der Waals surface area contributed by atoms with Gasteiger partial charge in [0.15, 0.2) is 17.5 Å². The van der Waals surface area contributed by atoms with Crippen molar-refractivity contribution in [2.45, 2.75) is 62.9 Å². The molecule has 2 amide bonds. The summed E-state index contributed by atoms with van der Waals surface area (Å²) < 4.78 is 55.7. The maximum absolute atomic E-state index is 12.9. The minimum atomic E-state index is -4.04. The zero-order valence-electron chi connectivity index (χ0n) is 34.0. The van der Waals surface area contributed by atoms with Crippen molar-refractivity contribution >= 4 is 49.8 Å². The minimum Gasteiger partial charge on any atom is -0.496 e. The number of nitrogens with one attached hydrogen (secondary N) is 2. The lowest BCUT2D eigenvalue weighted by Crippen LogP contribution is -2.37. The van der Waals surface area contributed by atoms with Crippen molar-refractivity contribution in [2.75, 3.05) is 25.6 Å². The van der Waals surface area contributed by atoms with E-state index in [1.54, 1.807) is 48.9 Å². The van der Waals surface area contributed by atoms with E-state index in [1.165, 1.54) is 37.2 Å². The topological polar surface area (TPSA) is 196 Å². The smallest absolute Gasteiger partial charge is 0.411 e. The van der Waals surface area contributed by atoms with Crippen LogP contribution in [0.1, 0.15) is 52.7 Å². The summed E-state index contributed by atoms with van der Waals surface area (Å²) in [6.07, 6.45) is 7.15. The molecular weight excluding hydrogens is 795 g/mol. The highest BCUT2D eigenvalue weighted by molar-refractivity contribution is 7.90. The van der Waals surface area contributed by atoms with Crippen molar-refractivity contribution in [3.63, 3.8) is 0 Å². The van der Waals surface area contributed by atoms with E-state index < -0.39 is 27.7 Å². The second-order valence-electron chi connectivity index (χ2n) is 14.8. The predicted octanol–water partition coefficient (Wildman–Crippen LogP) is 4.50.